The topological polar surface area (TPSA) is 3.24 Å². The molecular weight excluding hydrogens is 194 g/mol. The molecule has 1 heterocycles. The third kappa shape index (κ3) is 1.63. The lowest BCUT2D eigenvalue weighted by molar-refractivity contribution is 0.400. The SMILES string of the molecule is CC1Cc2ccccc2N1C1CCCCC1. The van der Waals surface area contributed by atoms with Gasteiger partial charge in [0.15, 0.2) is 0 Å². The van der Waals surface area contributed by atoms with Crippen molar-refractivity contribution in [2.75, 3.05) is 4.90 Å². The first kappa shape index (κ1) is 10.2. The third-order valence-corrected chi connectivity index (χ3v) is 4.23. The van der Waals surface area contributed by atoms with Crippen LogP contribution in [0, 0.1) is 0 Å². The molecule has 1 aromatic rings. The molecule has 1 atom stereocenters. The summed E-state index contributed by atoms with van der Waals surface area (Å²) in [5, 5.41) is 0. The van der Waals surface area contributed by atoms with Crippen LogP contribution >= 0.6 is 0 Å². The summed E-state index contributed by atoms with van der Waals surface area (Å²) in [6.07, 6.45) is 8.34. The van der Waals surface area contributed by atoms with Gasteiger partial charge in [-0.05, 0) is 37.8 Å². The molecule has 0 spiro atoms. The Hall–Kier alpha value is -0.980. The quantitative estimate of drug-likeness (QED) is 0.689. The van der Waals surface area contributed by atoms with Crippen molar-refractivity contribution in [1.82, 2.24) is 0 Å². The molecule has 1 aliphatic heterocycles. The summed E-state index contributed by atoms with van der Waals surface area (Å²) in [5.74, 6) is 0. The van der Waals surface area contributed by atoms with Crippen molar-refractivity contribution in [3.63, 3.8) is 0 Å². The molecular formula is C15H21N. The van der Waals surface area contributed by atoms with Crippen LogP contribution in [-0.2, 0) is 6.42 Å². The molecule has 1 unspecified atom stereocenters. The van der Waals surface area contributed by atoms with Crippen LogP contribution < -0.4 is 4.90 Å². The predicted molar refractivity (Wildman–Crippen MR) is 69.0 cm³/mol. The maximum absolute atomic E-state index is 2.70. The van der Waals surface area contributed by atoms with Crippen LogP contribution in [-0.4, -0.2) is 12.1 Å². The second-order valence-electron chi connectivity index (χ2n) is 5.38. The molecule has 0 N–H and O–H groups in total. The number of para-hydroxylation sites is 1. The largest absolute Gasteiger partial charge is 0.365 e. The highest BCUT2D eigenvalue weighted by molar-refractivity contribution is 5.60. The van der Waals surface area contributed by atoms with Gasteiger partial charge < -0.3 is 4.90 Å². The van der Waals surface area contributed by atoms with Gasteiger partial charge in [0, 0.05) is 17.8 Å². The Morgan fingerprint density at radius 1 is 1.06 bits per heavy atom. The van der Waals surface area contributed by atoms with E-state index in [2.05, 4.69) is 36.1 Å². The van der Waals surface area contributed by atoms with Crippen LogP contribution in [0.3, 0.4) is 0 Å². The van der Waals surface area contributed by atoms with Gasteiger partial charge in [-0.15, -0.1) is 0 Å². The van der Waals surface area contributed by atoms with E-state index >= 15 is 0 Å². The fraction of sp³-hybridized carbons (Fsp3) is 0.600. The highest BCUT2D eigenvalue weighted by Gasteiger charge is 2.31. The standard InChI is InChI=1S/C15H21N/c1-12-11-13-7-5-6-10-15(13)16(12)14-8-3-2-4-9-14/h5-7,10,12,14H,2-4,8-9,11H2,1H3. The molecule has 1 heteroatoms. The third-order valence-electron chi connectivity index (χ3n) is 4.23. The van der Waals surface area contributed by atoms with Gasteiger partial charge in [-0.25, -0.2) is 0 Å². The van der Waals surface area contributed by atoms with Crippen molar-refractivity contribution < 1.29 is 0 Å². The van der Waals surface area contributed by atoms with Crippen LogP contribution in [0.5, 0.6) is 0 Å². The van der Waals surface area contributed by atoms with Gasteiger partial charge in [-0.2, -0.15) is 0 Å². The van der Waals surface area contributed by atoms with Gasteiger partial charge in [0.1, 0.15) is 0 Å². The van der Waals surface area contributed by atoms with Crippen molar-refractivity contribution in [1.29, 1.82) is 0 Å². The number of hydrogen-bond donors (Lipinski definition) is 0. The van der Waals surface area contributed by atoms with Gasteiger partial charge >= 0.3 is 0 Å². The number of nitrogens with zero attached hydrogens (tertiary/aromatic N) is 1. The smallest absolute Gasteiger partial charge is 0.0404 e. The Morgan fingerprint density at radius 2 is 1.81 bits per heavy atom. The van der Waals surface area contributed by atoms with Gasteiger partial charge in [-0.3, -0.25) is 0 Å². The van der Waals surface area contributed by atoms with E-state index in [0.717, 1.165) is 6.04 Å². The van der Waals surface area contributed by atoms with Crippen molar-refractivity contribution in [3.8, 4) is 0 Å². The number of hydrogen-bond acceptors (Lipinski definition) is 1. The molecule has 1 aliphatic carbocycles. The van der Waals surface area contributed by atoms with Crippen molar-refractivity contribution >= 4 is 5.69 Å². The highest BCUT2D eigenvalue weighted by Crippen LogP contribution is 2.37. The molecule has 1 saturated carbocycles. The minimum atomic E-state index is 0.709. The summed E-state index contributed by atoms with van der Waals surface area (Å²) in [4.78, 5) is 2.70. The zero-order chi connectivity index (χ0) is 11.0. The molecule has 1 fully saturated rings. The van der Waals surface area contributed by atoms with E-state index in [-0.39, 0.29) is 0 Å². The van der Waals surface area contributed by atoms with Crippen LogP contribution in [0.1, 0.15) is 44.6 Å². The first-order valence-electron chi connectivity index (χ1n) is 6.72. The van der Waals surface area contributed by atoms with Crippen molar-refractivity contribution in [2.45, 2.75) is 57.5 Å². The minimum Gasteiger partial charge on any atom is -0.365 e. The maximum Gasteiger partial charge on any atom is 0.0404 e. The lowest BCUT2D eigenvalue weighted by Gasteiger charge is -2.36. The average Bonchev–Trinajstić information content (AvgIpc) is 2.66. The first-order chi connectivity index (χ1) is 7.86. The van der Waals surface area contributed by atoms with E-state index in [1.54, 1.807) is 5.56 Å². The molecule has 86 valence electrons. The molecule has 0 bridgehead atoms. The van der Waals surface area contributed by atoms with E-state index in [1.165, 1.54) is 44.2 Å². The first-order valence-corrected chi connectivity index (χ1v) is 6.72. The maximum atomic E-state index is 2.70. The van der Waals surface area contributed by atoms with Crippen LogP contribution in [0.4, 0.5) is 5.69 Å². The fourth-order valence-electron chi connectivity index (χ4n) is 3.51. The average molecular weight is 215 g/mol. The molecule has 1 aromatic carbocycles. The lowest BCUT2D eigenvalue weighted by atomic mass is 9.93. The predicted octanol–water partition coefficient (Wildman–Crippen LogP) is 3.77. The van der Waals surface area contributed by atoms with Crippen LogP contribution in [0.2, 0.25) is 0 Å². The second-order valence-corrected chi connectivity index (χ2v) is 5.38. The summed E-state index contributed by atoms with van der Waals surface area (Å²) < 4.78 is 0. The van der Waals surface area contributed by atoms with Crippen LogP contribution in [0.25, 0.3) is 0 Å². The molecule has 2 aliphatic rings. The summed E-state index contributed by atoms with van der Waals surface area (Å²) in [6, 6.07) is 10.5. The summed E-state index contributed by atoms with van der Waals surface area (Å²) in [6.45, 7) is 2.38. The second kappa shape index (κ2) is 4.12. The number of benzene rings is 1. The van der Waals surface area contributed by atoms with Gasteiger partial charge in [0.2, 0.25) is 0 Å². The Kier molecular flexibility index (Phi) is 2.62. The minimum absolute atomic E-state index is 0.709. The molecule has 0 aromatic heterocycles. The van der Waals surface area contributed by atoms with Crippen LogP contribution in [0.15, 0.2) is 24.3 Å². The van der Waals surface area contributed by atoms with Gasteiger partial charge in [0.05, 0.1) is 0 Å². The summed E-state index contributed by atoms with van der Waals surface area (Å²) >= 11 is 0. The number of rotatable bonds is 1. The normalized spacial score (nSPS) is 25.8. The highest BCUT2D eigenvalue weighted by atomic mass is 15.2. The van der Waals surface area contributed by atoms with E-state index in [1.807, 2.05) is 0 Å². The summed E-state index contributed by atoms with van der Waals surface area (Å²) in [7, 11) is 0. The Morgan fingerprint density at radius 3 is 2.62 bits per heavy atom. The molecule has 1 nitrogen and oxygen atoms in total. The van der Waals surface area contributed by atoms with Gasteiger partial charge in [-0.1, -0.05) is 37.5 Å². The number of fused-ring (bicyclic) bond motifs is 1. The molecule has 3 rings (SSSR count). The molecule has 0 radical (unpaired) electrons. The van der Waals surface area contributed by atoms with Crippen molar-refractivity contribution in [3.05, 3.63) is 29.8 Å². The van der Waals surface area contributed by atoms with E-state index < -0.39 is 0 Å². The summed E-state index contributed by atoms with van der Waals surface area (Å²) in [5.41, 5.74) is 3.07. The van der Waals surface area contributed by atoms with Crippen molar-refractivity contribution in [2.24, 2.45) is 0 Å². The Labute approximate surface area is 98.5 Å². The van der Waals surface area contributed by atoms with Gasteiger partial charge in [0.25, 0.3) is 0 Å². The molecule has 16 heavy (non-hydrogen) atoms. The monoisotopic (exact) mass is 215 g/mol. The lowest BCUT2D eigenvalue weighted by Crippen LogP contribution is -2.40. The Balaban J connectivity index is 1.89. The van der Waals surface area contributed by atoms with E-state index in [0.29, 0.717) is 6.04 Å². The molecule has 0 amide bonds. The molecule has 0 saturated heterocycles. The fourth-order valence-corrected chi connectivity index (χ4v) is 3.51. The van der Waals surface area contributed by atoms with E-state index in [4.69, 9.17) is 0 Å². The number of anilines is 1. The zero-order valence-corrected chi connectivity index (χ0v) is 10.2. The zero-order valence-electron chi connectivity index (χ0n) is 10.2. The van der Waals surface area contributed by atoms with E-state index in [9.17, 15) is 0 Å². The Bertz CT molecular complexity index is 365.